The topological polar surface area (TPSA) is 94.8 Å². The van der Waals surface area contributed by atoms with Gasteiger partial charge in [0.15, 0.2) is 0 Å². The number of nitrogens with one attached hydrogen (secondary N) is 1. The number of hydrogen-bond acceptors (Lipinski definition) is 7. The fourth-order valence-electron chi connectivity index (χ4n) is 3.28. The van der Waals surface area contributed by atoms with E-state index >= 15 is 0 Å². The van der Waals surface area contributed by atoms with Crippen LogP contribution in [0.1, 0.15) is 16.1 Å². The van der Waals surface area contributed by atoms with Crippen LogP contribution in [0.15, 0.2) is 56.5 Å². The highest BCUT2D eigenvalue weighted by molar-refractivity contribution is 7.94. The highest BCUT2D eigenvalue weighted by Gasteiger charge is 2.24. The summed E-state index contributed by atoms with van der Waals surface area (Å²) in [5.74, 6) is -0.151. The molecule has 0 aliphatic heterocycles. The zero-order valence-electron chi connectivity index (χ0n) is 16.3. The summed E-state index contributed by atoms with van der Waals surface area (Å²) in [6, 6.07) is 12.1. The lowest BCUT2D eigenvalue weighted by atomic mass is 10.0. The van der Waals surface area contributed by atoms with Crippen LogP contribution in [0.5, 0.6) is 0 Å². The third-order valence-electron chi connectivity index (χ3n) is 4.60. The highest BCUT2D eigenvalue weighted by atomic mass is 32.2. The van der Waals surface area contributed by atoms with Crippen LogP contribution in [-0.2, 0) is 19.5 Å². The fourth-order valence-corrected chi connectivity index (χ4v) is 5.34. The number of anilines is 1. The second kappa shape index (κ2) is 8.10. The SMILES string of the molecule is COCCOC(=O)c1c(C)oc2c1cc(NS(=O)(=O)c1cccs1)c1ccccc12. The third-order valence-corrected chi connectivity index (χ3v) is 7.36. The van der Waals surface area contributed by atoms with E-state index in [9.17, 15) is 13.2 Å². The van der Waals surface area contributed by atoms with Gasteiger partial charge in [-0.15, -0.1) is 11.3 Å². The average molecular weight is 446 g/mol. The summed E-state index contributed by atoms with van der Waals surface area (Å²) in [5, 5.41) is 3.54. The van der Waals surface area contributed by atoms with Crippen molar-refractivity contribution < 1.29 is 27.1 Å². The van der Waals surface area contributed by atoms with Crippen molar-refractivity contribution in [1.29, 1.82) is 0 Å². The quantitative estimate of drug-likeness (QED) is 0.331. The zero-order chi connectivity index (χ0) is 21.3. The number of aryl methyl sites for hydroxylation is 1. The summed E-state index contributed by atoms with van der Waals surface area (Å²) in [6.45, 7) is 2.05. The summed E-state index contributed by atoms with van der Waals surface area (Å²) >= 11 is 1.13. The van der Waals surface area contributed by atoms with Gasteiger partial charge in [-0.2, -0.15) is 0 Å². The van der Waals surface area contributed by atoms with Crippen LogP contribution in [-0.4, -0.2) is 34.7 Å². The molecule has 4 rings (SSSR count). The number of carbonyl (C=O) groups is 1. The van der Waals surface area contributed by atoms with Gasteiger partial charge in [-0.1, -0.05) is 30.3 Å². The van der Waals surface area contributed by atoms with E-state index in [4.69, 9.17) is 13.9 Å². The number of methoxy groups -OCH3 is 1. The summed E-state index contributed by atoms with van der Waals surface area (Å²) in [4.78, 5) is 12.7. The van der Waals surface area contributed by atoms with Crippen LogP contribution in [0.25, 0.3) is 21.7 Å². The number of hydrogen-bond donors (Lipinski definition) is 1. The highest BCUT2D eigenvalue weighted by Crippen LogP contribution is 2.37. The molecule has 2 heterocycles. The van der Waals surface area contributed by atoms with Gasteiger partial charge in [-0.25, -0.2) is 13.2 Å². The van der Waals surface area contributed by atoms with E-state index in [1.807, 2.05) is 18.2 Å². The first-order valence-corrected chi connectivity index (χ1v) is 11.5. The number of rotatable bonds is 7. The van der Waals surface area contributed by atoms with E-state index in [0.717, 1.165) is 11.3 Å². The third kappa shape index (κ3) is 3.67. The molecule has 2 aromatic heterocycles. The number of ether oxygens (including phenoxy) is 2. The largest absolute Gasteiger partial charge is 0.460 e. The van der Waals surface area contributed by atoms with Crippen LogP contribution in [0.3, 0.4) is 0 Å². The van der Waals surface area contributed by atoms with Gasteiger partial charge in [-0.05, 0) is 24.4 Å². The number of benzene rings is 2. The second-order valence-electron chi connectivity index (χ2n) is 6.55. The molecule has 0 bridgehead atoms. The molecule has 0 spiro atoms. The molecular weight excluding hydrogens is 426 g/mol. The van der Waals surface area contributed by atoms with Crippen molar-refractivity contribution in [1.82, 2.24) is 0 Å². The number of thiophene rings is 1. The Bertz CT molecular complexity index is 1320. The van der Waals surface area contributed by atoms with Crippen LogP contribution in [0.2, 0.25) is 0 Å². The van der Waals surface area contributed by atoms with Crippen molar-refractivity contribution in [3.8, 4) is 0 Å². The predicted octanol–water partition coefficient (Wildman–Crippen LogP) is 4.56. The molecule has 1 N–H and O–H groups in total. The van der Waals surface area contributed by atoms with Crippen molar-refractivity contribution in [2.75, 3.05) is 25.0 Å². The molecule has 0 radical (unpaired) electrons. The summed E-state index contributed by atoms with van der Waals surface area (Å²) in [7, 11) is -2.25. The first-order chi connectivity index (χ1) is 14.4. The van der Waals surface area contributed by atoms with Gasteiger partial charge in [0.1, 0.15) is 27.7 Å². The standard InChI is InChI=1S/C21H19NO6S2/c1-13-19(21(23)27-10-9-26-2)16-12-17(22-30(24,25)18-8-5-11-29-18)14-6-3-4-7-15(14)20(16)28-13/h3-8,11-12,22H,9-10H2,1-2H3. The van der Waals surface area contributed by atoms with E-state index < -0.39 is 16.0 Å². The van der Waals surface area contributed by atoms with Crippen molar-refractivity contribution >= 4 is 54.8 Å². The molecule has 9 heteroatoms. The molecule has 0 atom stereocenters. The lowest BCUT2D eigenvalue weighted by Gasteiger charge is -2.11. The second-order valence-corrected chi connectivity index (χ2v) is 9.40. The Morgan fingerprint density at radius 1 is 1.10 bits per heavy atom. The van der Waals surface area contributed by atoms with Crippen molar-refractivity contribution in [2.45, 2.75) is 11.1 Å². The fraction of sp³-hybridized carbons (Fsp3) is 0.190. The van der Waals surface area contributed by atoms with Gasteiger partial charge in [0.2, 0.25) is 0 Å². The van der Waals surface area contributed by atoms with Gasteiger partial charge in [0.25, 0.3) is 10.0 Å². The molecule has 0 aliphatic rings. The molecule has 0 fully saturated rings. The zero-order valence-corrected chi connectivity index (χ0v) is 17.9. The Balaban J connectivity index is 1.88. The summed E-state index contributed by atoms with van der Waals surface area (Å²) in [6.07, 6.45) is 0. The molecule has 156 valence electrons. The number of carbonyl (C=O) groups excluding carboxylic acids is 1. The van der Waals surface area contributed by atoms with E-state index in [1.54, 1.807) is 30.5 Å². The summed E-state index contributed by atoms with van der Waals surface area (Å²) in [5.41, 5.74) is 1.13. The predicted molar refractivity (Wildman–Crippen MR) is 116 cm³/mol. The molecule has 2 aromatic carbocycles. The Morgan fingerprint density at radius 2 is 1.87 bits per heavy atom. The van der Waals surface area contributed by atoms with E-state index in [0.29, 0.717) is 33.2 Å². The maximum absolute atomic E-state index is 12.8. The number of fused-ring (bicyclic) bond motifs is 3. The molecule has 4 aromatic rings. The molecule has 0 saturated heterocycles. The first-order valence-electron chi connectivity index (χ1n) is 9.09. The molecule has 0 aliphatic carbocycles. The molecule has 7 nitrogen and oxygen atoms in total. The lowest BCUT2D eigenvalue weighted by Crippen LogP contribution is -2.12. The van der Waals surface area contributed by atoms with Gasteiger partial charge < -0.3 is 13.9 Å². The van der Waals surface area contributed by atoms with E-state index in [2.05, 4.69) is 4.72 Å². The first kappa shape index (κ1) is 20.4. The van der Waals surface area contributed by atoms with Crippen LogP contribution < -0.4 is 4.72 Å². The normalized spacial score (nSPS) is 11.8. The Morgan fingerprint density at radius 3 is 2.57 bits per heavy atom. The van der Waals surface area contributed by atoms with Gasteiger partial charge in [-0.3, -0.25) is 4.72 Å². The minimum Gasteiger partial charge on any atom is -0.460 e. The van der Waals surface area contributed by atoms with Crippen LogP contribution in [0.4, 0.5) is 5.69 Å². The Hall–Kier alpha value is -2.88. The lowest BCUT2D eigenvalue weighted by molar-refractivity contribution is 0.0388. The number of esters is 1. The monoisotopic (exact) mass is 445 g/mol. The molecule has 30 heavy (non-hydrogen) atoms. The smallest absolute Gasteiger partial charge is 0.342 e. The minimum atomic E-state index is -3.77. The molecule has 0 unspecified atom stereocenters. The van der Waals surface area contributed by atoms with Crippen LogP contribution >= 0.6 is 11.3 Å². The molecule has 0 amide bonds. The maximum Gasteiger partial charge on any atom is 0.342 e. The van der Waals surface area contributed by atoms with Gasteiger partial charge in [0, 0.05) is 23.3 Å². The average Bonchev–Trinajstić information content (AvgIpc) is 3.36. The van der Waals surface area contributed by atoms with E-state index in [1.165, 1.54) is 13.2 Å². The van der Waals surface area contributed by atoms with Crippen molar-refractivity contribution in [3.05, 3.63) is 59.2 Å². The number of sulfonamides is 1. The number of furan rings is 1. The van der Waals surface area contributed by atoms with Crippen molar-refractivity contribution in [2.24, 2.45) is 0 Å². The summed E-state index contributed by atoms with van der Waals surface area (Å²) < 4.78 is 44.6. The molecular formula is C21H19NO6S2. The Labute approximate surface area is 177 Å². The van der Waals surface area contributed by atoms with Gasteiger partial charge in [0.05, 0.1) is 12.3 Å². The minimum absolute atomic E-state index is 0.104. The van der Waals surface area contributed by atoms with Crippen LogP contribution in [0, 0.1) is 6.92 Å². The van der Waals surface area contributed by atoms with Crippen molar-refractivity contribution in [3.63, 3.8) is 0 Å². The molecule has 0 saturated carbocycles. The maximum atomic E-state index is 12.8. The van der Waals surface area contributed by atoms with Gasteiger partial charge >= 0.3 is 5.97 Å². The Kier molecular flexibility index (Phi) is 5.50. The van der Waals surface area contributed by atoms with E-state index in [-0.39, 0.29) is 23.0 Å².